The highest BCUT2D eigenvalue weighted by atomic mass is 16.4. The van der Waals surface area contributed by atoms with E-state index in [4.69, 9.17) is 10.2 Å². The van der Waals surface area contributed by atoms with E-state index in [9.17, 15) is 9.59 Å². The van der Waals surface area contributed by atoms with Crippen molar-refractivity contribution < 1.29 is 19.8 Å². The summed E-state index contributed by atoms with van der Waals surface area (Å²) in [6.45, 7) is 1.57. The third-order valence-corrected chi connectivity index (χ3v) is 1.93. The maximum atomic E-state index is 10.7. The van der Waals surface area contributed by atoms with Gasteiger partial charge in [-0.05, 0) is 6.92 Å². The fraction of sp³-hybridized carbons (Fsp3) is 0.250. The first kappa shape index (κ1) is 9.31. The van der Waals surface area contributed by atoms with Gasteiger partial charge in [0.05, 0.1) is 11.1 Å². The van der Waals surface area contributed by atoms with Crippen LogP contribution in [0, 0.1) is 6.92 Å². The van der Waals surface area contributed by atoms with Crippen LogP contribution in [0.25, 0.3) is 0 Å². The van der Waals surface area contributed by atoms with E-state index in [-0.39, 0.29) is 11.1 Å². The summed E-state index contributed by atoms with van der Waals surface area (Å²) in [5, 5.41) is 17.4. The highest BCUT2D eigenvalue weighted by Crippen LogP contribution is 2.15. The normalized spacial score (nSPS) is 10.0. The molecule has 0 bridgehead atoms. The van der Waals surface area contributed by atoms with Crippen molar-refractivity contribution in [2.24, 2.45) is 7.05 Å². The van der Waals surface area contributed by atoms with Crippen LogP contribution in [0.15, 0.2) is 6.20 Å². The zero-order valence-electron chi connectivity index (χ0n) is 7.24. The highest BCUT2D eigenvalue weighted by molar-refractivity contribution is 6.02. The number of aromatic carboxylic acids is 2. The topological polar surface area (TPSA) is 79.5 Å². The molecule has 5 heteroatoms. The van der Waals surface area contributed by atoms with E-state index in [0.717, 1.165) is 0 Å². The lowest BCUT2D eigenvalue weighted by Gasteiger charge is -1.96. The molecule has 0 aromatic carbocycles. The van der Waals surface area contributed by atoms with Gasteiger partial charge in [0.25, 0.3) is 0 Å². The van der Waals surface area contributed by atoms with Crippen LogP contribution in [-0.4, -0.2) is 26.7 Å². The first-order valence-electron chi connectivity index (χ1n) is 3.57. The van der Waals surface area contributed by atoms with Gasteiger partial charge >= 0.3 is 11.9 Å². The number of carboxylic acids is 2. The quantitative estimate of drug-likeness (QED) is 0.708. The number of hydrogen-bond donors (Lipinski definition) is 2. The van der Waals surface area contributed by atoms with Gasteiger partial charge in [0.2, 0.25) is 0 Å². The SMILES string of the molecule is Cc1c(C(=O)O)c(C(=O)O)cn1C. The minimum absolute atomic E-state index is 0.144. The Bertz CT molecular complexity index is 378. The second-order valence-corrected chi connectivity index (χ2v) is 2.72. The third kappa shape index (κ3) is 1.40. The first-order valence-corrected chi connectivity index (χ1v) is 3.57. The molecular weight excluding hydrogens is 174 g/mol. The molecular formula is C8H9NO4. The molecule has 0 unspecified atom stereocenters. The molecule has 0 spiro atoms. The summed E-state index contributed by atoms with van der Waals surface area (Å²) in [6.07, 6.45) is 1.29. The monoisotopic (exact) mass is 183 g/mol. The van der Waals surface area contributed by atoms with Gasteiger partial charge in [0, 0.05) is 18.9 Å². The van der Waals surface area contributed by atoms with Crippen LogP contribution in [0.1, 0.15) is 26.4 Å². The lowest BCUT2D eigenvalue weighted by atomic mass is 10.1. The van der Waals surface area contributed by atoms with Gasteiger partial charge in [0.15, 0.2) is 0 Å². The zero-order chi connectivity index (χ0) is 10.2. The predicted octanol–water partition coefficient (Wildman–Crippen LogP) is 0.730. The van der Waals surface area contributed by atoms with Crippen molar-refractivity contribution in [3.05, 3.63) is 23.0 Å². The number of carboxylic acid groups (broad SMARTS) is 2. The molecule has 1 rings (SSSR count). The van der Waals surface area contributed by atoms with E-state index in [0.29, 0.717) is 5.69 Å². The summed E-state index contributed by atoms with van der Waals surface area (Å²) in [5.74, 6) is -2.43. The molecule has 0 radical (unpaired) electrons. The summed E-state index contributed by atoms with van der Waals surface area (Å²) in [4.78, 5) is 21.3. The molecule has 0 atom stereocenters. The van der Waals surface area contributed by atoms with Crippen molar-refractivity contribution in [1.29, 1.82) is 0 Å². The lowest BCUT2D eigenvalue weighted by molar-refractivity contribution is 0.0652. The average molecular weight is 183 g/mol. The summed E-state index contributed by atoms with van der Waals surface area (Å²) >= 11 is 0. The van der Waals surface area contributed by atoms with Crippen LogP contribution in [0.2, 0.25) is 0 Å². The van der Waals surface area contributed by atoms with Gasteiger partial charge < -0.3 is 14.8 Å². The molecule has 0 saturated heterocycles. The molecule has 13 heavy (non-hydrogen) atoms. The zero-order valence-corrected chi connectivity index (χ0v) is 7.24. The van der Waals surface area contributed by atoms with Gasteiger partial charge in [-0.3, -0.25) is 0 Å². The molecule has 2 N–H and O–H groups in total. The Balaban J connectivity index is 3.44. The first-order chi connectivity index (χ1) is 5.95. The van der Waals surface area contributed by atoms with Gasteiger partial charge in [-0.1, -0.05) is 0 Å². The summed E-state index contributed by atoms with van der Waals surface area (Å²) in [7, 11) is 1.61. The van der Waals surface area contributed by atoms with Crippen LogP contribution in [-0.2, 0) is 7.05 Å². The maximum absolute atomic E-state index is 10.7. The molecule has 0 aliphatic carbocycles. The van der Waals surface area contributed by atoms with Crippen LogP contribution in [0.5, 0.6) is 0 Å². The fourth-order valence-electron chi connectivity index (χ4n) is 1.16. The number of aromatic nitrogens is 1. The van der Waals surface area contributed by atoms with Crippen molar-refractivity contribution in [2.45, 2.75) is 6.92 Å². The van der Waals surface area contributed by atoms with Crippen LogP contribution < -0.4 is 0 Å². The van der Waals surface area contributed by atoms with Crippen molar-refractivity contribution in [3.63, 3.8) is 0 Å². The van der Waals surface area contributed by atoms with Gasteiger partial charge in [-0.2, -0.15) is 0 Å². The molecule has 0 saturated carbocycles. The fourth-order valence-corrected chi connectivity index (χ4v) is 1.16. The van der Waals surface area contributed by atoms with Gasteiger partial charge in [0.1, 0.15) is 0 Å². The predicted molar refractivity (Wildman–Crippen MR) is 44.1 cm³/mol. The molecule has 1 aromatic rings. The number of rotatable bonds is 2. The minimum atomic E-state index is -1.22. The smallest absolute Gasteiger partial charge is 0.338 e. The van der Waals surface area contributed by atoms with Crippen molar-refractivity contribution in [1.82, 2.24) is 4.57 Å². The second kappa shape index (κ2) is 2.93. The molecule has 70 valence electrons. The Hall–Kier alpha value is -1.78. The summed E-state index contributed by atoms with van der Waals surface area (Å²) in [5.41, 5.74) is 0.118. The molecule has 0 amide bonds. The average Bonchev–Trinajstić information content (AvgIpc) is 2.28. The Kier molecular flexibility index (Phi) is 2.10. The number of carbonyl (C=O) groups is 2. The van der Waals surface area contributed by atoms with Crippen LogP contribution in [0.3, 0.4) is 0 Å². The van der Waals surface area contributed by atoms with Crippen LogP contribution >= 0.6 is 0 Å². The molecule has 1 heterocycles. The molecule has 0 aliphatic heterocycles. The van der Waals surface area contributed by atoms with E-state index >= 15 is 0 Å². The molecule has 1 aromatic heterocycles. The third-order valence-electron chi connectivity index (χ3n) is 1.93. The Labute approximate surface area is 74.2 Å². The van der Waals surface area contributed by atoms with Gasteiger partial charge in [-0.25, -0.2) is 9.59 Å². The number of aryl methyl sites for hydroxylation is 1. The second-order valence-electron chi connectivity index (χ2n) is 2.72. The molecule has 0 aliphatic rings. The van der Waals surface area contributed by atoms with Crippen LogP contribution in [0.4, 0.5) is 0 Å². The standard InChI is InChI=1S/C8H9NO4/c1-4-6(8(12)13)5(7(10)11)3-9(4)2/h3H,1-2H3,(H,10,11)(H,12,13). The van der Waals surface area contributed by atoms with E-state index in [2.05, 4.69) is 0 Å². The van der Waals surface area contributed by atoms with E-state index in [1.807, 2.05) is 0 Å². The van der Waals surface area contributed by atoms with Crippen molar-refractivity contribution >= 4 is 11.9 Å². The van der Waals surface area contributed by atoms with E-state index in [1.54, 1.807) is 14.0 Å². The lowest BCUT2D eigenvalue weighted by Crippen LogP contribution is -2.06. The molecule has 0 fully saturated rings. The Morgan fingerprint density at radius 2 is 1.85 bits per heavy atom. The van der Waals surface area contributed by atoms with E-state index < -0.39 is 11.9 Å². The minimum Gasteiger partial charge on any atom is -0.478 e. The molecule has 5 nitrogen and oxygen atoms in total. The Morgan fingerprint density at radius 1 is 1.31 bits per heavy atom. The number of nitrogens with zero attached hydrogens (tertiary/aromatic N) is 1. The summed E-state index contributed by atoms with van der Waals surface area (Å²) in [6, 6.07) is 0. The highest BCUT2D eigenvalue weighted by Gasteiger charge is 2.21. The van der Waals surface area contributed by atoms with Crippen molar-refractivity contribution in [2.75, 3.05) is 0 Å². The number of hydrogen-bond acceptors (Lipinski definition) is 2. The maximum Gasteiger partial charge on any atom is 0.338 e. The Morgan fingerprint density at radius 3 is 2.15 bits per heavy atom. The van der Waals surface area contributed by atoms with Crippen molar-refractivity contribution in [3.8, 4) is 0 Å². The van der Waals surface area contributed by atoms with Gasteiger partial charge in [-0.15, -0.1) is 0 Å². The largest absolute Gasteiger partial charge is 0.478 e. The summed E-state index contributed by atoms with van der Waals surface area (Å²) < 4.78 is 1.48. The van der Waals surface area contributed by atoms with E-state index in [1.165, 1.54) is 10.8 Å².